The fourth-order valence-corrected chi connectivity index (χ4v) is 2.80. The maximum atomic E-state index is 12.0. The molecule has 0 aliphatic carbocycles. The molecule has 9 nitrogen and oxygen atoms in total. The largest absolute Gasteiger partial charge is 0.494 e. The van der Waals surface area contributed by atoms with Crippen LogP contribution in [0.5, 0.6) is 5.75 Å². The van der Waals surface area contributed by atoms with Crippen LogP contribution in [-0.2, 0) is 23.9 Å². The van der Waals surface area contributed by atoms with E-state index < -0.39 is 24.5 Å². The lowest BCUT2D eigenvalue weighted by atomic mass is 10.2. The topological polar surface area (TPSA) is 120 Å². The van der Waals surface area contributed by atoms with Gasteiger partial charge in [-0.05, 0) is 68.3 Å². The van der Waals surface area contributed by atoms with Crippen LogP contribution < -0.4 is 15.4 Å². The second-order valence-electron chi connectivity index (χ2n) is 7.28. The lowest BCUT2D eigenvalue weighted by Crippen LogP contribution is -2.21. The van der Waals surface area contributed by atoms with E-state index in [1.807, 2.05) is 13.8 Å². The zero-order chi connectivity index (χ0) is 24.8. The summed E-state index contributed by atoms with van der Waals surface area (Å²) in [6.07, 6.45) is 1.18. The van der Waals surface area contributed by atoms with Crippen LogP contribution >= 0.6 is 0 Å². The summed E-state index contributed by atoms with van der Waals surface area (Å²) in [5.74, 6) is -1.02. The lowest BCUT2D eigenvalue weighted by molar-refractivity contribution is -0.147. The summed E-state index contributed by atoms with van der Waals surface area (Å²) >= 11 is 0. The highest BCUT2D eigenvalue weighted by Gasteiger charge is 2.11. The summed E-state index contributed by atoms with van der Waals surface area (Å²) in [5, 5.41) is 5.32. The van der Waals surface area contributed by atoms with Gasteiger partial charge in [0.1, 0.15) is 5.75 Å². The van der Waals surface area contributed by atoms with Gasteiger partial charge in [-0.25, -0.2) is 4.79 Å². The smallest absolute Gasteiger partial charge is 0.338 e. The number of nitrogens with one attached hydrogen (secondary N) is 2. The van der Waals surface area contributed by atoms with E-state index in [4.69, 9.17) is 14.2 Å². The monoisotopic (exact) mass is 470 g/mol. The fraction of sp³-hybridized carbons (Fsp3) is 0.360. The zero-order valence-electron chi connectivity index (χ0n) is 19.4. The van der Waals surface area contributed by atoms with Crippen LogP contribution in [0.25, 0.3) is 0 Å². The molecule has 0 spiro atoms. The predicted molar refractivity (Wildman–Crippen MR) is 127 cm³/mol. The van der Waals surface area contributed by atoms with E-state index in [-0.39, 0.29) is 18.7 Å². The summed E-state index contributed by atoms with van der Waals surface area (Å²) in [6.45, 7) is 4.25. The van der Waals surface area contributed by atoms with E-state index in [0.717, 1.165) is 12.2 Å². The molecule has 0 aliphatic rings. The van der Waals surface area contributed by atoms with Crippen molar-refractivity contribution < 1.29 is 33.4 Å². The molecule has 2 aromatic rings. The molecule has 0 unspecified atom stereocenters. The summed E-state index contributed by atoms with van der Waals surface area (Å²) in [6, 6.07) is 13.2. The van der Waals surface area contributed by atoms with Gasteiger partial charge in [0, 0.05) is 24.2 Å². The maximum absolute atomic E-state index is 12.0. The molecule has 0 fully saturated rings. The fourth-order valence-electron chi connectivity index (χ4n) is 2.80. The molecule has 2 amide bonds. The third-order valence-electron chi connectivity index (χ3n) is 4.44. The Morgan fingerprint density at radius 1 is 0.765 bits per heavy atom. The number of hydrogen-bond donors (Lipinski definition) is 2. The number of ether oxygens (including phenoxy) is 3. The highest BCUT2D eigenvalue weighted by atomic mass is 16.5. The lowest BCUT2D eigenvalue weighted by Gasteiger charge is -2.08. The molecule has 0 aliphatic heterocycles. The van der Waals surface area contributed by atoms with E-state index in [1.54, 1.807) is 36.4 Å². The molecule has 2 rings (SSSR count). The SMILES string of the molecule is CCCOC(=O)c1ccc(NC(=O)COC(=O)CCCC(=O)Nc2ccc(OCC)cc2)cc1. The Morgan fingerprint density at radius 3 is 2.00 bits per heavy atom. The number of hydrogen-bond acceptors (Lipinski definition) is 7. The van der Waals surface area contributed by atoms with Crippen molar-refractivity contribution in [3.05, 3.63) is 54.1 Å². The van der Waals surface area contributed by atoms with Gasteiger partial charge in [-0.1, -0.05) is 6.92 Å². The minimum Gasteiger partial charge on any atom is -0.494 e. The predicted octanol–water partition coefficient (Wildman–Crippen LogP) is 3.94. The van der Waals surface area contributed by atoms with Gasteiger partial charge in [-0.3, -0.25) is 14.4 Å². The van der Waals surface area contributed by atoms with Crippen LogP contribution in [0.4, 0.5) is 11.4 Å². The van der Waals surface area contributed by atoms with Crippen molar-refractivity contribution in [1.82, 2.24) is 0 Å². The van der Waals surface area contributed by atoms with Gasteiger partial charge in [-0.15, -0.1) is 0 Å². The Balaban J connectivity index is 1.63. The van der Waals surface area contributed by atoms with E-state index in [2.05, 4.69) is 10.6 Å². The first-order valence-corrected chi connectivity index (χ1v) is 11.2. The van der Waals surface area contributed by atoms with Crippen molar-refractivity contribution in [2.24, 2.45) is 0 Å². The van der Waals surface area contributed by atoms with Crippen LogP contribution in [0.15, 0.2) is 48.5 Å². The van der Waals surface area contributed by atoms with Gasteiger partial charge in [0.15, 0.2) is 6.61 Å². The molecule has 0 heterocycles. The van der Waals surface area contributed by atoms with Crippen LogP contribution in [0.3, 0.4) is 0 Å². The number of amides is 2. The average Bonchev–Trinajstić information content (AvgIpc) is 2.83. The van der Waals surface area contributed by atoms with E-state index in [0.29, 0.717) is 36.6 Å². The molecule has 2 aromatic carbocycles. The van der Waals surface area contributed by atoms with Crippen molar-refractivity contribution in [3.8, 4) is 5.75 Å². The molecule has 0 saturated heterocycles. The first-order chi connectivity index (χ1) is 16.4. The highest BCUT2D eigenvalue weighted by Crippen LogP contribution is 2.16. The van der Waals surface area contributed by atoms with Crippen LogP contribution in [0, 0.1) is 0 Å². The molecule has 0 bridgehead atoms. The van der Waals surface area contributed by atoms with Gasteiger partial charge < -0.3 is 24.8 Å². The number of anilines is 2. The second kappa shape index (κ2) is 14.3. The molecule has 0 atom stereocenters. The third kappa shape index (κ3) is 9.72. The summed E-state index contributed by atoms with van der Waals surface area (Å²) < 4.78 is 15.3. The molecule has 0 aromatic heterocycles. The minimum absolute atomic E-state index is 0.0124. The van der Waals surface area contributed by atoms with Crippen LogP contribution in [0.2, 0.25) is 0 Å². The van der Waals surface area contributed by atoms with Gasteiger partial charge in [0.05, 0.1) is 18.8 Å². The van der Waals surface area contributed by atoms with Gasteiger partial charge >= 0.3 is 11.9 Å². The number of carbonyl (C=O) groups excluding carboxylic acids is 4. The van der Waals surface area contributed by atoms with Crippen LogP contribution in [-0.4, -0.2) is 43.6 Å². The first kappa shape index (κ1) is 26.4. The number of rotatable bonds is 13. The molecule has 34 heavy (non-hydrogen) atoms. The molecule has 182 valence electrons. The summed E-state index contributed by atoms with van der Waals surface area (Å²) in [4.78, 5) is 47.6. The molecule has 2 N–H and O–H groups in total. The average molecular weight is 471 g/mol. The van der Waals surface area contributed by atoms with Crippen molar-refractivity contribution in [2.75, 3.05) is 30.5 Å². The normalized spacial score (nSPS) is 10.2. The molecule has 9 heteroatoms. The molecule has 0 saturated carbocycles. The van der Waals surface area contributed by atoms with Crippen molar-refractivity contribution in [2.45, 2.75) is 39.5 Å². The Bertz CT molecular complexity index is 956. The Hall–Kier alpha value is -3.88. The number of benzene rings is 2. The number of esters is 2. The van der Waals surface area contributed by atoms with Crippen molar-refractivity contribution >= 4 is 35.1 Å². The Morgan fingerprint density at radius 2 is 1.38 bits per heavy atom. The van der Waals surface area contributed by atoms with Crippen molar-refractivity contribution in [3.63, 3.8) is 0 Å². The van der Waals surface area contributed by atoms with Gasteiger partial charge in [0.2, 0.25) is 5.91 Å². The zero-order valence-corrected chi connectivity index (χ0v) is 19.4. The molecule has 0 radical (unpaired) electrons. The van der Waals surface area contributed by atoms with E-state index >= 15 is 0 Å². The van der Waals surface area contributed by atoms with Crippen LogP contribution in [0.1, 0.15) is 49.9 Å². The van der Waals surface area contributed by atoms with Gasteiger partial charge in [0.25, 0.3) is 5.91 Å². The molecular formula is C25H30N2O7. The standard InChI is InChI=1S/C25H30N2O7/c1-3-16-33-25(31)18-8-10-19(11-9-18)27-23(29)17-34-24(30)7-5-6-22(28)26-20-12-14-21(15-13-20)32-4-2/h8-15H,3-7,16-17H2,1-2H3,(H,26,28)(H,27,29). The van der Waals surface area contributed by atoms with E-state index in [1.165, 1.54) is 12.1 Å². The summed E-state index contributed by atoms with van der Waals surface area (Å²) in [5.41, 5.74) is 1.47. The summed E-state index contributed by atoms with van der Waals surface area (Å²) in [7, 11) is 0. The van der Waals surface area contributed by atoms with Crippen molar-refractivity contribution in [1.29, 1.82) is 0 Å². The second-order valence-corrected chi connectivity index (χ2v) is 7.28. The third-order valence-corrected chi connectivity index (χ3v) is 4.44. The van der Waals surface area contributed by atoms with E-state index in [9.17, 15) is 19.2 Å². The minimum atomic E-state index is -0.571. The number of carbonyl (C=O) groups is 4. The first-order valence-electron chi connectivity index (χ1n) is 11.2. The quantitative estimate of drug-likeness (QED) is 0.425. The maximum Gasteiger partial charge on any atom is 0.338 e. The highest BCUT2D eigenvalue weighted by molar-refractivity contribution is 5.94. The molecular weight excluding hydrogens is 440 g/mol. The Labute approximate surface area is 198 Å². The Kier molecular flexibility index (Phi) is 11.1. The van der Waals surface area contributed by atoms with Gasteiger partial charge in [-0.2, -0.15) is 0 Å².